The van der Waals surface area contributed by atoms with E-state index in [1.54, 1.807) is 29.5 Å². The smallest absolute Gasteiger partial charge is 0.248 e. The van der Waals surface area contributed by atoms with Crippen molar-refractivity contribution in [1.82, 2.24) is 9.97 Å². The predicted octanol–water partition coefficient (Wildman–Crippen LogP) is 3.71. The van der Waals surface area contributed by atoms with Gasteiger partial charge in [-0.25, -0.2) is 9.97 Å². The van der Waals surface area contributed by atoms with E-state index in [2.05, 4.69) is 15.3 Å². The molecule has 0 radical (unpaired) electrons. The summed E-state index contributed by atoms with van der Waals surface area (Å²) in [6, 6.07) is 7.07. The normalized spacial score (nSPS) is 12.1. The van der Waals surface area contributed by atoms with Crippen LogP contribution in [0.2, 0.25) is 0 Å². The molecule has 0 saturated carbocycles. The molecule has 0 fully saturated rings. The third-order valence-electron chi connectivity index (χ3n) is 3.68. The molecular weight excluding hydrogens is 324 g/mol. The van der Waals surface area contributed by atoms with Crippen LogP contribution in [0.1, 0.15) is 30.6 Å². The first-order valence-corrected chi connectivity index (χ1v) is 8.52. The number of hydrogen-bond acceptors (Lipinski definition) is 6. The molecule has 124 valence electrons. The van der Waals surface area contributed by atoms with Crippen LogP contribution in [-0.4, -0.2) is 22.0 Å². The van der Waals surface area contributed by atoms with Gasteiger partial charge in [0.15, 0.2) is 0 Å². The van der Waals surface area contributed by atoms with Crippen LogP contribution in [0.4, 0.5) is 11.5 Å². The van der Waals surface area contributed by atoms with Gasteiger partial charge in [0.25, 0.3) is 0 Å². The Kier molecular flexibility index (Phi) is 4.61. The van der Waals surface area contributed by atoms with Crippen molar-refractivity contribution in [2.45, 2.75) is 26.4 Å². The number of anilines is 2. The second kappa shape index (κ2) is 6.84. The van der Waals surface area contributed by atoms with Gasteiger partial charge in [-0.1, -0.05) is 6.92 Å². The number of fused-ring (bicyclic) bond motifs is 1. The summed E-state index contributed by atoms with van der Waals surface area (Å²) >= 11 is 1.55. The molecule has 1 amide bonds. The number of carbonyl (C=O) groups is 1. The SMILES string of the molecule is CCC(C)Oc1cc(C(N)=O)ccc1Nc1ncnc2sccc12. The molecule has 1 aromatic carbocycles. The highest BCUT2D eigenvalue weighted by Gasteiger charge is 2.13. The number of carbonyl (C=O) groups excluding carboxylic acids is 1. The number of rotatable bonds is 6. The van der Waals surface area contributed by atoms with Crippen molar-refractivity contribution in [3.8, 4) is 5.75 Å². The maximum atomic E-state index is 11.4. The minimum Gasteiger partial charge on any atom is -0.489 e. The van der Waals surface area contributed by atoms with Gasteiger partial charge in [-0.3, -0.25) is 4.79 Å². The average Bonchev–Trinajstić information content (AvgIpc) is 3.05. The van der Waals surface area contributed by atoms with Gasteiger partial charge in [0, 0.05) is 5.56 Å². The summed E-state index contributed by atoms with van der Waals surface area (Å²) in [5.74, 6) is 0.780. The highest BCUT2D eigenvalue weighted by atomic mass is 32.1. The monoisotopic (exact) mass is 342 g/mol. The Labute approximate surface area is 143 Å². The number of nitrogens with zero attached hydrogens (tertiary/aromatic N) is 2. The molecule has 0 saturated heterocycles. The molecule has 1 unspecified atom stereocenters. The first-order chi connectivity index (χ1) is 11.6. The average molecular weight is 342 g/mol. The molecule has 3 N–H and O–H groups in total. The summed E-state index contributed by atoms with van der Waals surface area (Å²) < 4.78 is 5.94. The summed E-state index contributed by atoms with van der Waals surface area (Å²) in [5.41, 5.74) is 6.51. The van der Waals surface area contributed by atoms with E-state index in [1.807, 2.05) is 25.3 Å². The third kappa shape index (κ3) is 3.30. The fourth-order valence-electron chi connectivity index (χ4n) is 2.19. The number of amides is 1. The lowest BCUT2D eigenvalue weighted by Gasteiger charge is -2.18. The highest BCUT2D eigenvalue weighted by molar-refractivity contribution is 7.16. The molecule has 1 atom stereocenters. The van der Waals surface area contributed by atoms with E-state index in [9.17, 15) is 4.79 Å². The number of primary amides is 1. The Bertz CT molecular complexity index is 878. The number of nitrogens with one attached hydrogen (secondary N) is 1. The van der Waals surface area contributed by atoms with Crippen LogP contribution in [0.5, 0.6) is 5.75 Å². The number of nitrogens with two attached hydrogens (primary N) is 1. The predicted molar refractivity (Wildman–Crippen MR) is 96.0 cm³/mol. The van der Waals surface area contributed by atoms with Crippen molar-refractivity contribution < 1.29 is 9.53 Å². The molecule has 0 aliphatic heterocycles. The van der Waals surface area contributed by atoms with Crippen LogP contribution in [0.15, 0.2) is 36.0 Å². The summed E-state index contributed by atoms with van der Waals surface area (Å²) in [5, 5.41) is 6.19. The Hall–Kier alpha value is -2.67. The molecule has 0 aliphatic rings. The van der Waals surface area contributed by atoms with Crippen molar-refractivity contribution >= 4 is 39.0 Å². The fourth-order valence-corrected chi connectivity index (χ4v) is 2.93. The standard InChI is InChI=1S/C17H18N4O2S/c1-3-10(2)23-14-8-11(15(18)22)4-5-13(14)21-16-12-6-7-24-17(12)20-9-19-16/h4-10H,3H2,1-2H3,(H2,18,22)(H,19,20,21). The van der Waals surface area contributed by atoms with Crippen LogP contribution in [0.25, 0.3) is 10.2 Å². The zero-order valence-corrected chi connectivity index (χ0v) is 14.3. The zero-order valence-electron chi connectivity index (χ0n) is 13.4. The molecular formula is C17H18N4O2S. The summed E-state index contributed by atoms with van der Waals surface area (Å²) in [7, 11) is 0. The van der Waals surface area contributed by atoms with Gasteiger partial charge in [0.05, 0.1) is 17.2 Å². The fraction of sp³-hybridized carbons (Fsp3) is 0.235. The topological polar surface area (TPSA) is 90.1 Å². The van der Waals surface area contributed by atoms with Gasteiger partial charge >= 0.3 is 0 Å². The van der Waals surface area contributed by atoms with Crippen molar-refractivity contribution in [3.63, 3.8) is 0 Å². The van der Waals surface area contributed by atoms with Crippen LogP contribution >= 0.6 is 11.3 Å². The minimum absolute atomic E-state index is 0.0141. The van der Waals surface area contributed by atoms with Crippen LogP contribution in [0.3, 0.4) is 0 Å². The molecule has 6 nitrogen and oxygen atoms in total. The first kappa shape index (κ1) is 16.2. The van der Waals surface area contributed by atoms with E-state index >= 15 is 0 Å². The van der Waals surface area contributed by atoms with Gasteiger partial charge in [-0.05, 0) is 43.0 Å². The van der Waals surface area contributed by atoms with E-state index in [0.717, 1.165) is 22.3 Å². The lowest BCUT2D eigenvalue weighted by Crippen LogP contribution is -2.14. The molecule has 2 heterocycles. The number of thiophene rings is 1. The molecule has 0 bridgehead atoms. The van der Waals surface area contributed by atoms with Crippen LogP contribution in [0, 0.1) is 0 Å². The van der Waals surface area contributed by atoms with Crippen LogP contribution in [-0.2, 0) is 0 Å². The minimum atomic E-state index is -0.488. The van der Waals surface area contributed by atoms with E-state index in [4.69, 9.17) is 10.5 Å². The number of hydrogen-bond donors (Lipinski definition) is 2. The van der Waals surface area contributed by atoms with E-state index in [1.165, 1.54) is 6.33 Å². The lowest BCUT2D eigenvalue weighted by molar-refractivity contribution is 0.0999. The number of aromatic nitrogens is 2. The van der Waals surface area contributed by atoms with Gasteiger partial charge in [0.1, 0.15) is 22.7 Å². The van der Waals surface area contributed by atoms with Crippen LogP contribution < -0.4 is 15.8 Å². The van der Waals surface area contributed by atoms with Gasteiger partial charge in [0.2, 0.25) is 5.91 Å². The maximum absolute atomic E-state index is 11.4. The Morgan fingerprint density at radius 2 is 2.21 bits per heavy atom. The second-order valence-corrected chi connectivity index (χ2v) is 6.29. The number of ether oxygens (including phenoxy) is 1. The zero-order chi connectivity index (χ0) is 17.1. The van der Waals surface area contributed by atoms with Gasteiger partial charge < -0.3 is 15.8 Å². The van der Waals surface area contributed by atoms with Gasteiger partial charge in [-0.15, -0.1) is 11.3 Å². The van der Waals surface area contributed by atoms with Crippen molar-refractivity contribution in [2.24, 2.45) is 5.73 Å². The molecule has 0 spiro atoms. The second-order valence-electron chi connectivity index (χ2n) is 5.40. The Morgan fingerprint density at radius 3 is 2.96 bits per heavy atom. The number of benzene rings is 1. The molecule has 3 rings (SSSR count). The molecule has 7 heteroatoms. The molecule has 3 aromatic rings. The Morgan fingerprint density at radius 1 is 1.38 bits per heavy atom. The summed E-state index contributed by atoms with van der Waals surface area (Å²) in [4.78, 5) is 20.9. The quantitative estimate of drug-likeness (QED) is 0.712. The third-order valence-corrected chi connectivity index (χ3v) is 4.50. The van der Waals surface area contributed by atoms with Crippen molar-refractivity contribution in [3.05, 3.63) is 41.5 Å². The van der Waals surface area contributed by atoms with E-state index in [0.29, 0.717) is 17.1 Å². The van der Waals surface area contributed by atoms with E-state index in [-0.39, 0.29) is 6.10 Å². The first-order valence-electron chi connectivity index (χ1n) is 7.64. The summed E-state index contributed by atoms with van der Waals surface area (Å²) in [6.45, 7) is 4.01. The van der Waals surface area contributed by atoms with E-state index < -0.39 is 5.91 Å². The largest absolute Gasteiger partial charge is 0.489 e. The highest BCUT2D eigenvalue weighted by Crippen LogP contribution is 2.32. The van der Waals surface area contributed by atoms with Gasteiger partial charge in [-0.2, -0.15) is 0 Å². The molecule has 0 aliphatic carbocycles. The lowest BCUT2D eigenvalue weighted by atomic mass is 10.1. The van der Waals surface area contributed by atoms with Crippen molar-refractivity contribution in [2.75, 3.05) is 5.32 Å². The molecule has 2 aromatic heterocycles. The summed E-state index contributed by atoms with van der Waals surface area (Å²) in [6.07, 6.45) is 2.39. The molecule has 24 heavy (non-hydrogen) atoms. The van der Waals surface area contributed by atoms with Crippen molar-refractivity contribution in [1.29, 1.82) is 0 Å². The maximum Gasteiger partial charge on any atom is 0.248 e. The Balaban J connectivity index is 1.99.